The van der Waals surface area contributed by atoms with Crippen molar-refractivity contribution in [2.24, 2.45) is 10.9 Å². The lowest BCUT2D eigenvalue weighted by molar-refractivity contribution is 0.0238. The zero-order valence-electron chi connectivity index (χ0n) is 18.2. The van der Waals surface area contributed by atoms with Gasteiger partial charge in [-0.1, -0.05) is 6.92 Å². The van der Waals surface area contributed by atoms with E-state index in [1.54, 1.807) is 7.05 Å². The molecule has 2 unspecified atom stereocenters. The summed E-state index contributed by atoms with van der Waals surface area (Å²) in [5.41, 5.74) is -0.462. The van der Waals surface area contributed by atoms with Gasteiger partial charge < -0.3 is 20.3 Å². The maximum Gasteiger partial charge on any atom is 0.410 e. The number of guanidine groups is 1. The maximum atomic E-state index is 12.4. The van der Waals surface area contributed by atoms with Gasteiger partial charge in [-0.3, -0.25) is 9.89 Å². The van der Waals surface area contributed by atoms with Crippen LogP contribution in [0.2, 0.25) is 0 Å². The molecule has 27 heavy (non-hydrogen) atoms. The number of likely N-dealkylation sites (tertiary alicyclic amines) is 1. The number of rotatable bonds is 6. The molecular formula is C20H39N5O2. The highest BCUT2D eigenvalue weighted by atomic mass is 16.6. The summed E-state index contributed by atoms with van der Waals surface area (Å²) in [4.78, 5) is 21.1. The number of nitrogens with one attached hydrogen (secondary N) is 2. The van der Waals surface area contributed by atoms with Gasteiger partial charge in [-0.05, 0) is 53.4 Å². The smallest absolute Gasteiger partial charge is 0.410 e. The van der Waals surface area contributed by atoms with E-state index in [0.717, 1.165) is 31.9 Å². The van der Waals surface area contributed by atoms with Crippen LogP contribution in [0.5, 0.6) is 0 Å². The van der Waals surface area contributed by atoms with E-state index in [4.69, 9.17) is 4.74 Å². The number of nitrogens with zero attached hydrogens (tertiary/aromatic N) is 3. The number of hydrogen-bond acceptors (Lipinski definition) is 4. The SMILES string of the molecule is CN=C(NCCN(C(=O)OC(C)(C)C)C1CC1)NC1CN(C(C)C)CC1C. The van der Waals surface area contributed by atoms with Gasteiger partial charge in [0.1, 0.15) is 5.60 Å². The molecule has 1 aliphatic heterocycles. The number of aliphatic imine (C=N–C) groups is 1. The van der Waals surface area contributed by atoms with Crippen molar-refractivity contribution < 1.29 is 9.53 Å². The summed E-state index contributed by atoms with van der Waals surface area (Å²) in [7, 11) is 1.79. The molecule has 2 aliphatic rings. The first kappa shape index (κ1) is 21.8. The Morgan fingerprint density at radius 2 is 1.96 bits per heavy atom. The van der Waals surface area contributed by atoms with Gasteiger partial charge in [0.25, 0.3) is 0 Å². The second-order valence-electron chi connectivity index (χ2n) is 9.18. The number of ether oxygens (including phenoxy) is 1. The summed E-state index contributed by atoms with van der Waals surface area (Å²) in [6.07, 6.45) is 1.92. The van der Waals surface area contributed by atoms with Crippen molar-refractivity contribution in [2.75, 3.05) is 33.2 Å². The molecule has 1 saturated carbocycles. The Labute approximate surface area is 164 Å². The van der Waals surface area contributed by atoms with Gasteiger partial charge in [0.05, 0.1) is 0 Å². The summed E-state index contributed by atoms with van der Waals surface area (Å²) < 4.78 is 5.55. The van der Waals surface area contributed by atoms with Gasteiger partial charge in [-0.25, -0.2) is 4.79 Å². The minimum Gasteiger partial charge on any atom is -0.444 e. The van der Waals surface area contributed by atoms with E-state index in [1.165, 1.54) is 0 Å². The van der Waals surface area contributed by atoms with Crippen molar-refractivity contribution in [3.05, 3.63) is 0 Å². The van der Waals surface area contributed by atoms with Crippen LogP contribution in [0.3, 0.4) is 0 Å². The first-order valence-electron chi connectivity index (χ1n) is 10.3. The van der Waals surface area contributed by atoms with Gasteiger partial charge >= 0.3 is 6.09 Å². The molecule has 0 spiro atoms. The lowest BCUT2D eigenvalue weighted by Gasteiger charge is -2.28. The average Bonchev–Trinajstić information content (AvgIpc) is 3.32. The van der Waals surface area contributed by atoms with Crippen LogP contribution in [-0.4, -0.2) is 78.8 Å². The first-order chi connectivity index (χ1) is 12.6. The van der Waals surface area contributed by atoms with E-state index >= 15 is 0 Å². The van der Waals surface area contributed by atoms with Gasteiger partial charge in [-0.15, -0.1) is 0 Å². The van der Waals surface area contributed by atoms with Crippen LogP contribution in [0.4, 0.5) is 4.79 Å². The van der Waals surface area contributed by atoms with E-state index in [9.17, 15) is 4.79 Å². The van der Waals surface area contributed by atoms with Gasteiger partial charge in [0, 0.05) is 51.4 Å². The van der Waals surface area contributed by atoms with Gasteiger partial charge in [-0.2, -0.15) is 0 Å². The Bertz CT molecular complexity index is 525. The molecule has 1 amide bonds. The second-order valence-corrected chi connectivity index (χ2v) is 9.18. The highest BCUT2D eigenvalue weighted by Crippen LogP contribution is 2.28. The largest absolute Gasteiger partial charge is 0.444 e. The van der Waals surface area contributed by atoms with Gasteiger partial charge in [0.2, 0.25) is 0 Å². The predicted molar refractivity (Wildman–Crippen MR) is 110 cm³/mol. The Morgan fingerprint density at radius 1 is 1.30 bits per heavy atom. The summed E-state index contributed by atoms with van der Waals surface area (Å²) in [5, 5.41) is 6.91. The van der Waals surface area contributed by atoms with E-state index in [1.807, 2.05) is 25.7 Å². The monoisotopic (exact) mass is 381 g/mol. The highest BCUT2D eigenvalue weighted by molar-refractivity contribution is 5.80. The molecule has 156 valence electrons. The normalized spacial score (nSPS) is 24.2. The molecule has 0 aromatic rings. The lowest BCUT2D eigenvalue weighted by atomic mass is 10.1. The molecular weight excluding hydrogens is 342 g/mol. The fourth-order valence-corrected chi connectivity index (χ4v) is 3.41. The molecule has 2 rings (SSSR count). The Balaban J connectivity index is 1.80. The fourth-order valence-electron chi connectivity index (χ4n) is 3.41. The molecule has 1 aliphatic carbocycles. The Hall–Kier alpha value is -1.50. The minimum atomic E-state index is -0.462. The van der Waals surface area contributed by atoms with E-state index in [0.29, 0.717) is 37.1 Å². The van der Waals surface area contributed by atoms with Crippen LogP contribution in [-0.2, 0) is 4.74 Å². The number of hydrogen-bond donors (Lipinski definition) is 2. The van der Waals surface area contributed by atoms with Crippen molar-refractivity contribution in [3.8, 4) is 0 Å². The third-order valence-corrected chi connectivity index (χ3v) is 5.18. The standard InChI is InChI=1S/C20H39N5O2/c1-14(2)24-12-15(3)17(13-24)23-18(21-7)22-10-11-25(16-8-9-16)19(26)27-20(4,5)6/h14-17H,8-13H2,1-7H3,(H2,21,22,23). The molecule has 0 bridgehead atoms. The van der Waals surface area contributed by atoms with Crippen molar-refractivity contribution in [1.29, 1.82) is 0 Å². The third kappa shape index (κ3) is 6.87. The molecule has 2 N–H and O–H groups in total. The zero-order valence-corrected chi connectivity index (χ0v) is 18.2. The third-order valence-electron chi connectivity index (χ3n) is 5.18. The molecule has 1 heterocycles. The number of amides is 1. The van der Waals surface area contributed by atoms with E-state index < -0.39 is 5.60 Å². The molecule has 0 aromatic carbocycles. The van der Waals surface area contributed by atoms with Crippen LogP contribution in [0, 0.1) is 5.92 Å². The predicted octanol–water partition coefficient (Wildman–Crippen LogP) is 2.28. The fraction of sp³-hybridized carbons (Fsp3) is 0.900. The summed E-state index contributed by atoms with van der Waals surface area (Å²) in [6, 6.07) is 1.28. The van der Waals surface area contributed by atoms with Crippen LogP contribution in [0.1, 0.15) is 54.4 Å². The van der Waals surface area contributed by atoms with Crippen molar-refractivity contribution in [1.82, 2.24) is 20.4 Å². The summed E-state index contributed by atoms with van der Waals surface area (Å²) in [5.74, 6) is 1.38. The Morgan fingerprint density at radius 3 is 2.44 bits per heavy atom. The zero-order chi connectivity index (χ0) is 20.2. The number of carbonyl (C=O) groups excluding carboxylic acids is 1. The molecule has 2 fully saturated rings. The van der Waals surface area contributed by atoms with Crippen molar-refractivity contribution >= 4 is 12.1 Å². The molecule has 0 aromatic heterocycles. The van der Waals surface area contributed by atoms with Crippen molar-refractivity contribution in [2.45, 2.75) is 78.1 Å². The molecule has 7 heteroatoms. The number of carbonyl (C=O) groups is 1. The topological polar surface area (TPSA) is 69.2 Å². The lowest BCUT2D eigenvalue weighted by Crippen LogP contribution is -2.49. The van der Waals surface area contributed by atoms with Crippen LogP contribution in [0.15, 0.2) is 4.99 Å². The van der Waals surface area contributed by atoms with Crippen LogP contribution >= 0.6 is 0 Å². The molecule has 0 radical (unpaired) electrons. The molecule has 2 atom stereocenters. The quantitative estimate of drug-likeness (QED) is 0.546. The average molecular weight is 382 g/mol. The first-order valence-corrected chi connectivity index (χ1v) is 10.3. The van der Waals surface area contributed by atoms with Crippen LogP contribution < -0.4 is 10.6 Å². The Kier molecular flexibility index (Phi) is 7.37. The molecule has 7 nitrogen and oxygen atoms in total. The van der Waals surface area contributed by atoms with Crippen LogP contribution in [0.25, 0.3) is 0 Å². The molecule has 1 saturated heterocycles. The minimum absolute atomic E-state index is 0.216. The van der Waals surface area contributed by atoms with E-state index in [2.05, 4.69) is 41.3 Å². The highest BCUT2D eigenvalue weighted by Gasteiger charge is 2.35. The summed E-state index contributed by atoms with van der Waals surface area (Å²) in [6.45, 7) is 15.9. The second kappa shape index (κ2) is 9.13. The van der Waals surface area contributed by atoms with Crippen molar-refractivity contribution in [3.63, 3.8) is 0 Å². The summed E-state index contributed by atoms with van der Waals surface area (Å²) >= 11 is 0. The van der Waals surface area contributed by atoms with E-state index in [-0.39, 0.29) is 6.09 Å². The van der Waals surface area contributed by atoms with Gasteiger partial charge in [0.15, 0.2) is 5.96 Å². The maximum absolute atomic E-state index is 12.4.